The predicted molar refractivity (Wildman–Crippen MR) is 111 cm³/mol. The van der Waals surface area contributed by atoms with Gasteiger partial charge in [0.2, 0.25) is 11.8 Å². The fourth-order valence-electron chi connectivity index (χ4n) is 5.42. The standard InChI is InChI=1S/C21H34N2O5S/c1-4-8-13(3)22-18(25)17-21-10-9-14(29-21)15(20(27)28-5-2)16(21)19(26)23(17)11-6-7-12-24/h13-17,24H,4-12H2,1-3H3,(H,22,25)/t13?,14-,15+,16-,17?,21?/m0/s1. The molecule has 2 amide bonds. The van der Waals surface area contributed by atoms with Gasteiger partial charge in [-0.2, -0.15) is 0 Å². The highest BCUT2D eigenvalue weighted by Gasteiger charge is 2.73. The Labute approximate surface area is 177 Å². The van der Waals surface area contributed by atoms with Crippen LogP contribution in [0.4, 0.5) is 0 Å². The number of hydrogen-bond acceptors (Lipinski definition) is 6. The molecule has 0 aromatic rings. The Morgan fingerprint density at radius 1 is 1.38 bits per heavy atom. The van der Waals surface area contributed by atoms with Gasteiger partial charge in [-0.15, -0.1) is 11.8 Å². The first kappa shape index (κ1) is 22.4. The van der Waals surface area contributed by atoms with Crippen molar-refractivity contribution in [2.24, 2.45) is 11.8 Å². The molecule has 3 fully saturated rings. The van der Waals surface area contributed by atoms with E-state index < -0.39 is 22.6 Å². The van der Waals surface area contributed by atoms with Gasteiger partial charge in [0, 0.05) is 24.4 Å². The number of esters is 1. The van der Waals surface area contributed by atoms with Crippen molar-refractivity contribution in [1.82, 2.24) is 10.2 Å². The fourth-order valence-corrected chi connectivity index (χ4v) is 7.63. The van der Waals surface area contributed by atoms with Crippen molar-refractivity contribution in [2.45, 2.75) is 81.4 Å². The number of amides is 2. The van der Waals surface area contributed by atoms with E-state index in [1.807, 2.05) is 6.92 Å². The van der Waals surface area contributed by atoms with Gasteiger partial charge in [0.15, 0.2) is 0 Å². The zero-order valence-corrected chi connectivity index (χ0v) is 18.5. The lowest BCUT2D eigenvalue weighted by Gasteiger charge is -2.34. The summed E-state index contributed by atoms with van der Waals surface area (Å²) in [5, 5.41) is 12.3. The molecule has 2 N–H and O–H groups in total. The molecule has 164 valence electrons. The second kappa shape index (κ2) is 9.25. The van der Waals surface area contributed by atoms with Crippen LogP contribution in [-0.4, -0.2) is 69.6 Å². The summed E-state index contributed by atoms with van der Waals surface area (Å²) in [6, 6.07) is -0.519. The van der Waals surface area contributed by atoms with Crippen LogP contribution in [0.15, 0.2) is 0 Å². The highest BCUT2D eigenvalue weighted by atomic mass is 32.2. The molecule has 0 aliphatic carbocycles. The number of aliphatic hydroxyl groups excluding tert-OH is 1. The number of carbonyl (C=O) groups is 3. The van der Waals surface area contributed by atoms with E-state index in [-0.39, 0.29) is 35.7 Å². The second-order valence-electron chi connectivity index (χ2n) is 8.47. The van der Waals surface area contributed by atoms with Crippen LogP contribution >= 0.6 is 11.8 Å². The van der Waals surface area contributed by atoms with Crippen molar-refractivity contribution >= 4 is 29.5 Å². The Morgan fingerprint density at radius 3 is 2.79 bits per heavy atom. The van der Waals surface area contributed by atoms with Crippen molar-refractivity contribution in [3.05, 3.63) is 0 Å². The summed E-state index contributed by atoms with van der Waals surface area (Å²) in [6.07, 6.45) is 4.67. The van der Waals surface area contributed by atoms with E-state index in [0.29, 0.717) is 26.0 Å². The molecule has 29 heavy (non-hydrogen) atoms. The number of hydrogen-bond donors (Lipinski definition) is 2. The number of nitrogens with one attached hydrogen (secondary N) is 1. The highest BCUT2D eigenvalue weighted by molar-refractivity contribution is 8.02. The molecule has 1 spiro atoms. The third-order valence-electron chi connectivity index (χ3n) is 6.52. The van der Waals surface area contributed by atoms with Crippen LogP contribution in [0, 0.1) is 11.8 Å². The molecule has 0 aromatic carbocycles. The summed E-state index contributed by atoms with van der Waals surface area (Å²) in [4.78, 5) is 41.2. The van der Waals surface area contributed by atoms with E-state index in [1.54, 1.807) is 23.6 Å². The van der Waals surface area contributed by atoms with E-state index in [0.717, 1.165) is 25.7 Å². The molecular formula is C21H34N2O5S. The molecular weight excluding hydrogens is 392 g/mol. The molecule has 3 saturated heterocycles. The minimum absolute atomic E-state index is 0.0433. The van der Waals surface area contributed by atoms with Gasteiger partial charge < -0.3 is 20.1 Å². The normalized spacial score (nSPS) is 33.7. The molecule has 3 heterocycles. The zero-order valence-electron chi connectivity index (χ0n) is 17.7. The van der Waals surface area contributed by atoms with E-state index in [2.05, 4.69) is 12.2 Å². The molecule has 7 nitrogen and oxygen atoms in total. The predicted octanol–water partition coefficient (Wildman–Crippen LogP) is 1.72. The van der Waals surface area contributed by atoms with Crippen molar-refractivity contribution in [3.63, 3.8) is 0 Å². The largest absolute Gasteiger partial charge is 0.466 e. The number of aliphatic hydroxyl groups is 1. The van der Waals surface area contributed by atoms with Crippen molar-refractivity contribution in [1.29, 1.82) is 0 Å². The number of likely N-dealkylation sites (tertiary alicyclic amines) is 1. The summed E-state index contributed by atoms with van der Waals surface area (Å²) in [6.45, 7) is 6.62. The zero-order chi connectivity index (χ0) is 21.2. The molecule has 3 aliphatic heterocycles. The Bertz CT molecular complexity index is 645. The fraction of sp³-hybridized carbons (Fsp3) is 0.857. The molecule has 3 rings (SSSR count). The average molecular weight is 427 g/mol. The molecule has 2 bridgehead atoms. The minimum Gasteiger partial charge on any atom is -0.466 e. The molecule has 3 aliphatic rings. The van der Waals surface area contributed by atoms with Gasteiger partial charge in [0.1, 0.15) is 6.04 Å². The van der Waals surface area contributed by atoms with Crippen LogP contribution in [0.2, 0.25) is 0 Å². The maximum Gasteiger partial charge on any atom is 0.310 e. The first-order chi connectivity index (χ1) is 13.9. The number of ether oxygens (including phenoxy) is 1. The first-order valence-electron chi connectivity index (χ1n) is 11.0. The summed E-state index contributed by atoms with van der Waals surface area (Å²) < 4.78 is 4.75. The second-order valence-corrected chi connectivity index (χ2v) is 10.1. The van der Waals surface area contributed by atoms with E-state index in [4.69, 9.17) is 9.84 Å². The highest BCUT2D eigenvalue weighted by Crippen LogP contribution is 2.66. The molecule has 0 saturated carbocycles. The summed E-state index contributed by atoms with van der Waals surface area (Å²) in [5.74, 6) is -1.47. The van der Waals surface area contributed by atoms with Crippen LogP contribution in [-0.2, 0) is 19.1 Å². The van der Waals surface area contributed by atoms with E-state index in [1.165, 1.54) is 0 Å². The Balaban J connectivity index is 1.90. The minimum atomic E-state index is -0.563. The Hall–Kier alpha value is -1.28. The maximum atomic E-state index is 13.5. The number of rotatable bonds is 10. The third kappa shape index (κ3) is 3.90. The van der Waals surface area contributed by atoms with Gasteiger partial charge >= 0.3 is 5.97 Å². The third-order valence-corrected chi connectivity index (χ3v) is 8.48. The molecule has 0 aromatic heterocycles. The van der Waals surface area contributed by atoms with Gasteiger partial charge in [0.05, 0.1) is 23.2 Å². The van der Waals surface area contributed by atoms with Crippen molar-refractivity contribution < 1.29 is 24.2 Å². The maximum absolute atomic E-state index is 13.5. The lowest BCUT2D eigenvalue weighted by atomic mass is 9.71. The van der Waals surface area contributed by atoms with Gasteiger partial charge in [-0.1, -0.05) is 13.3 Å². The number of unbranched alkanes of at least 4 members (excludes halogenated alkanes) is 1. The van der Waals surface area contributed by atoms with Crippen LogP contribution < -0.4 is 5.32 Å². The lowest BCUT2D eigenvalue weighted by Crippen LogP contribution is -2.55. The Kier molecular flexibility index (Phi) is 7.14. The van der Waals surface area contributed by atoms with Crippen LogP contribution in [0.3, 0.4) is 0 Å². The molecule has 0 radical (unpaired) electrons. The van der Waals surface area contributed by atoms with Gasteiger partial charge in [-0.3, -0.25) is 14.4 Å². The molecule has 8 heteroatoms. The Morgan fingerprint density at radius 2 is 2.14 bits per heavy atom. The number of thioether (sulfide) groups is 1. The lowest BCUT2D eigenvalue weighted by molar-refractivity contribution is -0.153. The van der Waals surface area contributed by atoms with Gasteiger partial charge in [-0.25, -0.2) is 0 Å². The first-order valence-corrected chi connectivity index (χ1v) is 11.8. The van der Waals surface area contributed by atoms with E-state index in [9.17, 15) is 14.4 Å². The number of nitrogens with zero attached hydrogens (tertiary/aromatic N) is 1. The SMILES string of the molecule is CCCC(C)NC(=O)C1N(CCCCO)C(=O)[C@@H]2[C@H](C(=O)OCC)[C@@H]3CCC12S3. The summed E-state index contributed by atoms with van der Waals surface area (Å²) in [7, 11) is 0. The van der Waals surface area contributed by atoms with Gasteiger partial charge in [-0.05, 0) is 46.0 Å². The van der Waals surface area contributed by atoms with Gasteiger partial charge in [0.25, 0.3) is 0 Å². The van der Waals surface area contributed by atoms with Crippen LogP contribution in [0.25, 0.3) is 0 Å². The van der Waals surface area contributed by atoms with Crippen molar-refractivity contribution in [2.75, 3.05) is 19.8 Å². The summed E-state index contributed by atoms with van der Waals surface area (Å²) >= 11 is 1.66. The number of carbonyl (C=O) groups excluding carboxylic acids is 3. The van der Waals surface area contributed by atoms with Crippen molar-refractivity contribution in [3.8, 4) is 0 Å². The topological polar surface area (TPSA) is 95.9 Å². The average Bonchev–Trinajstić information content (AvgIpc) is 3.30. The van der Waals surface area contributed by atoms with Crippen LogP contribution in [0.1, 0.15) is 59.3 Å². The smallest absolute Gasteiger partial charge is 0.310 e. The van der Waals surface area contributed by atoms with E-state index >= 15 is 0 Å². The quantitative estimate of drug-likeness (QED) is 0.408. The molecule has 3 unspecified atom stereocenters. The number of fused-ring (bicyclic) bond motifs is 1. The van der Waals surface area contributed by atoms with Crippen LogP contribution in [0.5, 0.6) is 0 Å². The molecule has 6 atom stereocenters. The summed E-state index contributed by atoms with van der Waals surface area (Å²) in [5.41, 5.74) is 0. The monoisotopic (exact) mass is 426 g/mol.